The number of hydrogen-bond donors (Lipinski definition) is 1. The summed E-state index contributed by atoms with van der Waals surface area (Å²) in [6.07, 6.45) is 26.2. The van der Waals surface area contributed by atoms with E-state index < -0.39 is 27.8 Å². The molecule has 0 unspecified atom stereocenters. The molecule has 0 amide bonds. The maximum absolute atomic E-state index is 12.5. The first-order chi connectivity index (χ1) is 19.8. The first kappa shape index (κ1) is 37.1. The first-order valence-electron chi connectivity index (χ1n) is 16.2. The van der Waals surface area contributed by atoms with Crippen LogP contribution in [0, 0.1) is 0 Å². The van der Waals surface area contributed by atoms with Gasteiger partial charge in [-0.3, -0.25) is 4.55 Å². The Kier molecular flexibility index (Phi) is 22.3. The molecule has 0 aliphatic carbocycles. The van der Waals surface area contributed by atoms with Gasteiger partial charge in [-0.1, -0.05) is 141 Å². The minimum Gasteiger partial charge on any atom is -0.462 e. The SMILES string of the molecule is CCCCCCCCCCCCCCCCCCCCCCOC(=O)c1ccccc1C(=O)OCCCS(=O)(=O)O. The van der Waals surface area contributed by atoms with Crippen molar-refractivity contribution in [2.24, 2.45) is 0 Å². The van der Waals surface area contributed by atoms with Crippen LogP contribution >= 0.6 is 0 Å². The summed E-state index contributed by atoms with van der Waals surface area (Å²) in [5.74, 6) is -1.80. The molecule has 7 nitrogen and oxygen atoms in total. The molecule has 1 rings (SSSR count). The second-order valence-corrected chi connectivity index (χ2v) is 12.7. The van der Waals surface area contributed by atoms with Crippen molar-refractivity contribution < 1.29 is 32.0 Å². The Bertz CT molecular complexity index is 914. The van der Waals surface area contributed by atoms with E-state index in [1.54, 1.807) is 12.1 Å². The number of rotatable bonds is 27. The lowest BCUT2D eigenvalue weighted by atomic mass is 10.0. The fourth-order valence-corrected chi connectivity index (χ4v) is 5.41. The zero-order valence-corrected chi connectivity index (χ0v) is 26.4. The number of unbranched alkanes of at least 4 members (excludes halogenated alkanes) is 19. The Morgan fingerprint density at radius 1 is 0.561 bits per heavy atom. The molecule has 0 aliphatic heterocycles. The molecule has 1 aromatic carbocycles. The van der Waals surface area contributed by atoms with Crippen LogP contribution in [0.4, 0.5) is 0 Å². The number of carbonyl (C=O) groups is 2. The van der Waals surface area contributed by atoms with E-state index in [4.69, 9.17) is 14.0 Å². The molecule has 0 saturated heterocycles. The van der Waals surface area contributed by atoms with Crippen LogP contribution in [0.15, 0.2) is 24.3 Å². The zero-order valence-electron chi connectivity index (χ0n) is 25.6. The van der Waals surface area contributed by atoms with Gasteiger partial charge in [0.15, 0.2) is 0 Å². The van der Waals surface area contributed by atoms with Gasteiger partial charge in [-0.05, 0) is 25.0 Å². The minimum atomic E-state index is -4.11. The van der Waals surface area contributed by atoms with E-state index in [-0.39, 0.29) is 24.2 Å². The summed E-state index contributed by atoms with van der Waals surface area (Å²) < 4.78 is 40.7. The Balaban J connectivity index is 1.98. The summed E-state index contributed by atoms with van der Waals surface area (Å²) in [4.78, 5) is 24.8. The standard InChI is InChI=1S/C33H56O7S/c1-2-3-4-5-6-7-8-9-10-11-12-13-14-15-16-17-18-19-20-23-27-39-32(34)30-25-21-22-26-31(30)33(35)40-28-24-29-41(36,37)38/h21-22,25-26H,2-20,23-24,27-29H2,1H3,(H,36,37,38). The highest BCUT2D eigenvalue weighted by molar-refractivity contribution is 7.85. The highest BCUT2D eigenvalue weighted by Gasteiger charge is 2.19. The highest BCUT2D eigenvalue weighted by atomic mass is 32.2. The monoisotopic (exact) mass is 596 g/mol. The number of ether oxygens (including phenoxy) is 2. The lowest BCUT2D eigenvalue weighted by Crippen LogP contribution is -2.16. The lowest BCUT2D eigenvalue weighted by Gasteiger charge is -2.10. The lowest BCUT2D eigenvalue weighted by molar-refractivity contribution is 0.0454. The third kappa shape index (κ3) is 21.4. The van der Waals surface area contributed by atoms with Gasteiger partial charge >= 0.3 is 11.9 Å². The zero-order chi connectivity index (χ0) is 30.0. The largest absolute Gasteiger partial charge is 0.462 e. The van der Waals surface area contributed by atoms with Crippen molar-refractivity contribution in [3.63, 3.8) is 0 Å². The molecule has 0 aliphatic rings. The predicted molar refractivity (Wildman–Crippen MR) is 166 cm³/mol. The summed E-state index contributed by atoms with van der Waals surface area (Å²) in [5, 5.41) is 0. The van der Waals surface area contributed by atoms with E-state index in [2.05, 4.69) is 6.92 Å². The average molecular weight is 597 g/mol. The number of benzene rings is 1. The summed E-state index contributed by atoms with van der Waals surface area (Å²) >= 11 is 0. The minimum absolute atomic E-state index is 0.0311. The van der Waals surface area contributed by atoms with Gasteiger partial charge in [-0.2, -0.15) is 8.42 Å². The fraction of sp³-hybridized carbons (Fsp3) is 0.758. The average Bonchev–Trinajstić information content (AvgIpc) is 2.95. The molecular formula is C33H56O7S. The normalized spacial score (nSPS) is 11.5. The number of esters is 2. The molecular weight excluding hydrogens is 540 g/mol. The van der Waals surface area contributed by atoms with Crippen LogP contribution in [-0.4, -0.2) is 43.9 Å². The topological polar surface area (TPSA) is 107 Å². The van der Waals surface area contributed by atoms with Crippen LogP contribution in [0.5, 0.6) is 0 Å². The van der Waals surface area contributed by atoms with Crippen molar-refractivity contribution in [2.45, 2.75) is 142 Å². The molecule has 236 valence electrons. The quantitative estimate of drug-likeness (QED) is 0.0613. The molecule has 0 heterocycles. The molecule has 41 heavy (non-hydrogen) atoms. The van der Waals surface area contributed by atoms with Crippen LogP contribution in [0.25, 0.3) is 0 Å². The third-order valence-electron chi connectivity index (χ3n) is 7.38. The molecule has 1 aromatic rings. The predicted octanol–water partition coefficient (Wildman–Crippen LogP) is 9.10. The van der Waals surface area contributed by atoms with Crippen molar-refractivity contribution in [1.29, 1.82) is 0 Å². The number of hydrogen-bond acceptors (Lipinski definition) is 6. The second kappa shape index (κ2) is 24.6. The van der Waals surface area contributed by atoms with Gasteiger partial charge in [0, 0.05) is 0 Å². The van der Waals surface area contributed by atoms with E-state index in [1.165, 1.54) is 121 Å². The van der Waals surface area contributed by atoms with Gasteiger partial charge in [0.1, 0.15) is 0 Å². The van der Waals surface area contributed by atoms with Gasteiger partial charge in [0.2, 0.25) is 0 Å². The van der Waals surface area contributed by atoms with Crippen molar-refractivity contribution >= 4 is 22.1 Å². The van der Waals surface area contributed by atoms with Crippen molar-refractivity contribution in [2.75, 3.05) is 19.0 Å². The molecule has 8 heteroatoms. The van der Waals surface area contributed by atoms with Crippen LogP contribution < -0.4 is 0 Å². The van der Waals surface area contributed by atoms with Gasteiger partial charge in [0.25, 0.3) is 10.1 Å². The molecule has 1 N–H and O–H groups in total. The van der Waals surface area contributed by atoms with E-state index >= 15 is 0 Å². The molecule has 0 radical (unpaired) electrons. The van der Waals surface area contributed by atoms with E-state index in [0.29, 0.717) is 6.61 Å². The van der Waals surface area contributed by atoms with E-state index in [9.17, 15) is 18.0 Å². The van der Waals surface area contributed by atoms with Crippen molar-refractivity contribution in [3.8, 4) is 0 Å². The van der Waals surface area contributed by atoms with Gasteiger partial charge in [0.05, 0.1) is 30.1 Å². The number of carbonyl (C=O) groups excluding carboxylic acids is 2. The van der Waals surface area contributed by atoms with Crippen LogP contribution in [0.1, 0.15) is 162 Å². The summed E-state index contributed by atoms with van der Waals surface area (Å²) in [6.45, 7) is 2.40. The molecule has 0 bridgehead atoms. The fourth-order valence-electron chi connectivity index (χ4n) is 4.92. The molecule has 0 saturated carbocycles. The maximum atomic E-state index is 12.5. The summed E-state index contributed by atoms with van der Waals surface area (Å²) in [6, 6.07) is 6.24. The smallest absolute Gasteiger partial charge is 0.339 e. The molecule has 0 spiro atoms. The van der Waals surface area contributed by atoms with E-state index in [1.807, 2.05) is 0 Å². The molecule has 0 atom stereocenters. The molecule has 0 fully saturated rings. The van der Waals surface area contributed by atoms with Gasteiger partial charge < -0.3 is 9.47 Å². The summed E-state index contributed by atoms with van der Waals surface area (Å²) in [7, 11) is -4.11. The van der Waals surface area contributed by atoms with Crippen molar-refractivity contribution in [1.82, 2.24) is 0 Å². The van der Waals surface area contributed by atoms with Crippen LogP contribution in [0.2, 0.25) is 0 Å². The highest BCUT2D eigenvalue weighted by Crippen LogP contribution is 2.16. The Morgan fingerprint density at radius 3 is 1.22 bits per heavy atom. The first-order valence-corrected chi connectivity index (χ1v) is 17.8. The maximum Gasteiger partial charge on any atom is 0.339 e. The van der Waals surface area contributed by atoms with Crippen LogP contribution in [0.3, 0.4) is 0 Å². The van der Waals surface area contributed by atoms with Crippen LogP contribution in [-0.2, 0) is 19.6 Å². The Morgan fingerprint density at radius 2 is 0.878 bits per heavy atom. The third-order valence-corrected chi connectivity index (χ3v) is 8.18. The van der Waals surface area contributed by atoms with Gasteiger partial charge in [-0.25, -0.2) is 9.59 Å². The molecule has 0 aromatic heterocycles. The second-order valence-electron chi connectivity index (χ2n) is 11.2. The Hall–Kier alpha value is -1.93. The van der Waals surface area contributed by atoms with E-state index in [0.717, 1.165) is 19.3 Å². The summed E-state index contributed by atoms with van der Waals surface area (Å²) in [5.41, 5.74) is 0.202. The Labute approximate surface area is 249 Å². The van der Waals surface area contributed by atoms with Crippen molar-refractivity contribution in [3.05, 3.63) is 35.4 Å². The van der Waals surface area contributed by atoms with Gasteiger partial charge in [-0.15, -0.1) is 0 Å².